The highest BCUT2D eigenvalue weighted by atomic mass is 35.5. The monoisotopic (exact) mass is 573 g/mol. The maximum absolute atomic E-state index is 15.5. The highest BCUT2D eigenvalue weighted by Gasteiger charge is 2.22. The Morgan fingerprint density at radius 3 is 2.46 bits per heavy atom. The van der Waals surface area contributed by atoms with Gasteiger partial charge in [-0.2, -0.15) is 0 Å². The minimum Gasteiger partial charge on any atom is -0.496 e. The van der Waals surface area contributed by atoms with Gasteiger partial charge in [0, 0.05) is 22.4 Å². The van der Waals surface area contributed by atoms with Gasteiger partial charge in [0.15, 0.2) is 11.6 Å². The van der Waals surface area contributed by atoms with Crippen LogP contribution in [0.5, 0.6) is 0 Å². The SMILES string of the molecule is C#CC.C=C(OC)/C(=C\C(Cl)=C/C)S(=C)(=O)Nc1ccc(F)c(-c2ccc(/C(C)=C3/N=C(C)NN3)nc2)c1F. The summed E-state index contributed by atoms with van der Waals surface area (Å²) in [6.45, 7) is 10.7. The minimum absolute atomic E-state index is 0.0285. The van der Waals surface area contributed by atoms with Crippen molar-refractivity contribution in [3.8, 4) is 23.5 Å². The molecule has 1 aliphatic heterocycles. The van der Waals surface area contributed by atoms with Gasteiger partial charge in [0.05, 0.1) is 38.7 Å². The van der Waals surface area contributed by atoms with Crippen LogP contribution in [0, 0.1) is 24.0 Å². The number of nitrogens with one attached hydrogen (secondary N) is 3. The van der Waals surface area contributed by atoms with Crippen molar-refractivity contribution >= 4 is 44.3 Å². The first-order chi connectivity index (χ1) is 18.4. The molecule has 0 amide bonds. The molecule has 0 radical (unpaired) electrons. The number of pyridine rings is 1. The topological polar surface area (TPSA) is 87.6 Å². The summed E-state index contributed by atoms with van der Waals surface area (Å²) in [4.78, 5) is 8.68. The van der Waals surface area contributed by atoms with Gasteiger partial charge in [-0.15, -0.1) is 12.3 Å². The van der Waals surface area contributed by atoms with Crippen molar-refractivity contribution in [1.29, 1.82) is 0 Å². The van der Waals surface area contributed by atoms with E-state index in [9.17, 15) is 8.60 Å². The number of nitrogens with zero attached hydrogens (tertiary/aromatic N) is 2. The van der Waals surface area contributed by atoms with Crippen LogP contribution in [0.15, 0.2) is 75.7 Å². The first-order valence-electron chi connectivity index (χ1n) is 11.4. The molecule has 0 aliphatic carbocycles. The number of halogens is 3. The van der Waals surface area contributed by atoms with E-state index in [1.165, 1.54) is 19.4 Å². The summed E-state index contributed by atoms with van der Waals surface area (Å²) in [5.74, 6) is 5.49. The average Bonchev–Trinajstić information content (AvgIpc) is 3.35. The molecule has 1 aliphatic rings. The standard InChI is InChI=1S/C25H26ClF2N5O2S.C3H4/c1-7-18(26)12-22(15(3)35-5)36(6,34)33-21-11-9-19(27)23(24(21)28)17-8-10-20(29-13-17)14(2)25-30-16(4)31-32-25;1-3-2/h7-13,32H,3,6H2,1-2,4-5H3,(H,30,31)(H,33,34);1H,2H3/b18-7+,22-12+,25-14-;. The number of hydrogen-bond donors (Lipinski definition) is 3. The number of aliphatic imine (C=N–C) groups is 1. The Morgan fingerprint density at radius 1 is 1.28 bits per heavy atom. The van der Waals surface area contributed by atoms with Gasteiger partial charge in [-0.3, -0.25) is 15.8 Å². The molecule has 3 N–H and O–H groups in total. The molecule has 1 aromatic carbocycles. The normalized spacial score (nSPS) is 15.8. The molecule has 1 unspecified atom stereocenters. The second kappa shape index (κ2) is 13.6. The van der Waals surface area contributed by atoms with E-state index < -0.39 is 21.3 Å². The zero-order valence-electron chi connectivity index (χ0n) is 22.3. The molecule has 39 heavy (non-hydrogen) atoms. The lowest BCUT2D eigenvalue weighted by Gasteiger charge is -2.19. The second-order valence-electron chi connectivity index (χ2n) is 8.01. The van der Waals surface area contributed by atoms with E-state index in [0.717, 1.165) is 17.7 Å². The van der Waals surface area contributed by atoms with Crippen molar-refractivity contribution in [3.05, 3.63) is 88.0 Å². The highest BCUT2D eigenvalue weighted by Crippen LogP contribution is 2.33. The van der Waals surface area contributed by atoms with Gasteiger partial charge in [0.1, 0.15) is 17.4 Å². The molecule has 0 saturated heterocycles. The smallest absolute Gasteiger partial charge is 0.157 e. The fraction of sp³-hybridized carbons (Fsp3) is 0.179. The number of hydrogen-bond acceptors (Lipinski definition) is 6. The third-order valence-corrected chi connectivity index (χ3v) is 7.15. The van der Waals surface area contributed by atoms with Gasteiger partial charge in [-0.25, -0.2) is 18.0 Å². The number of allylic oxidation sites excluding steroid dienone is 4. The lowest BCUT2D eigenvalue weighted by molar-refractivity contribution is 0.306. The zero-order chi connectivity index (χ0) is 29.3. The fourth-order valence-electron chi connectivity index (χ4n) is 3.23. The van der Waals surface area contributed by atoms with Crippen molar-refractivity contribution < 1.29 is 17.7 Å². The molecule has 0 spiro atoms. The first kappa shape index (κ1) is 31.1. The van der Waals surface area contributed by atoms with Crippen LogP contribution in [0.25, 0.3) is 16.7 Å². The van der Waals surface area contributed by atoms with Crippen molar-refractivity contribution in [2.24, 2.45) is 4.99 Å². The number of benzene rings is 1. The van der Waals surface area contributed by atoms with Crippen LogP contribution in [-0.2, 0) is 14.4 Å². The molecule has 2 aromatic rings. The minimum atomic E-state index is -3.41. The number of amidine groups is 1. The van der Waals surface area contributed by atoms with Gasteiger partial charge >= 0.3 is 0 Å². The molecule has 0 saturated carbocycles. The summed E-state index contributed by atoms with van der Waals surface area (Å²) in [5, 5.41) is 0.252. The lowest BCUT2D eigenvalue weighted by Crippen LogP contribution is -2.27. The largest absolute Gasteiger partial charge is 0.496 e. The average molecular weight is 574 g/mol. The van der Waals surface area contributed by atoms with Gasteiger partial charge in [-0.05, 0) is 57.8 Å². The number of rotatable bonds is 8. The van der Waals surface area contributed by atoms with Crippen molar-refractivity contribution in [2.75, 3.05) is 11.8 Å². The predicted octanol–water partition coefficient (Wildman–Crippen LogP) is 6.11. The van der Waals surface area contributed by atoms with Crippen LogP contribution < -0.4 is 15.6 Å². The summed E-state index contributed by atoms with van der Waals surface area (Å²) >= 11 is 6.07. The zero-order valence-corrected chi connectivity index (χ0v) is 23.9. The van der Waals surface area contributed by atoms with E-state index in [-0.39, 0.29) is 32.5 Å². The van der Waals surface area contributed by atoms with E-state index in [2.05, 4.69) is 50.3 Å². The number of anilines is 1. The molecule has 3 rings (SSSR count). The van der Waals surface area contributed by atoms with Crippen molar-refractivity contribution in [1.82, 2.24) is 15.8 Å². The number of terminal acetylenes is 1. The Hall–Kier alpha value is -4.07. The van der Waals surface area contributed by atoms with E-state index in [0.29, 0.717) is 17.4 Å². The maximum atomic E-state index is 15.5. The van der Waals surface area contributed by atoms with Gasteiger partial charge < -0.3 is 9.46 Å². The molecule has 1 aromatic heterocycles. The number of aromatic nitrogens is 1. The molecule has 0 fully saturated rings. The Kier molecular flexibility index (Phi) is 10.9. The molecule has 7 nitrogen and oxygen atoms in total. The van der Waals surface area contributed by atoms with E-state index >= 15 is 4.39 Å². The summed E-state index contributed by atoms with van der Waals surface area (Å²) in [5.41, 5.74) is 6.76. The third kappa shape index (κ3) is 7.72. The molecular weight excluding hydrogens is 544 g/mol. The van der Waals surface area contributed by atoms with Crippen molar-refractivity contribution in [2.45, 2.75) is 27.7 Å². The van der Waals surface area contributed by atoms with Crippen LogP contribution in [-0.4, -0.2) is 28.0 Å². The number of methoxy groups -OCH3 is 1. The number of hydrazine groups is 1. The van der Waals surface area contributed by atoms with Crippen LogP contribution in [0.4, 0.5) is 14.5 Å². The van der Waals surface area contributed by atoms with E-state index in [1.54, 1.807) is 39.0 Å². The quantitative estimate of drug-likeness (QED) is 0.153. The van der Waals surface area contributed by atoms with Crippen LogP contribution in [0.3, 0.4) is 0 Å². The van der Waals surface area contributed by atoms with E-state index in [1.807, 2.05) is 6.92 Å². The molecule has 206 valence electrons. The van der Waals surface area contributed by atoms with Gasteiger partial charge in [0.25, 0.3) is 0 Å². The molecule has 2 heterocycles. The predicted molar refractivity (Wildman–Crippen MR) is 159 cm³/mol. The highest BCUT2D eigenvalue weighted by molar-refractivity contribution is 8.05. The number of ether oxygens (including phenoxy) is 1. The van der Waals surface area contributed by atoms with Gasteiger partial charge in [-0.1, -0.05) is 30.3 Å². The molecule has 11 heteroatoms. The molecular formula is C28H30ClF2N5O2S. The summed E-state index contributed by atoms with van der Waals surface area (Å²) < 4.78 is 51.4. The maximum Gasteiger partial charge on any atom is 0.157 e. The molecule has 0 bridgehead atoms. The van der Waals surface area contributed by atoms with Gasteiger partial charge in [0.2, 0.25) is 0 Å². The Bertz CT molecular complexity index is 1520. The summed E-state index contributed by atoms with van der Waals surface area (Å²) in [6.07, 6.45) is 8.88. The Labute approximate surface area is 233 Å². The van der Waals surface area contributed by atoms with Crippen LogP contribution >= 0.6 is 11.6 Å². The third-order valence-electron chi connectivity index (χ3n) is 5.22. The first-order valence-corrected chi connectivity index (χ1v) is 13.5. The lowest BCUT2D eigenvalue weighted by atomic mass is 10.0. The second-order valence-corrected chi connectivity index (χ2v) is 10.4. The fourth-order valence-corrected chi connectivity index (χ4v) is 4.80. The molecule has 1 atom stereocenters. The van der Waals surface area contributed by atoms with Crippen LogP contribution in [0.2, 0.25) is 0 Å². The Morgan fingerprint density at radius 2 is 1.95 bits per heavy atom. The van der Waals surface area contributed by atoms with Crippen molar-refractivity contribution in [3.63, 3.8) is 0 Å². The van der Waals surface area contributed by atoms with E-state index in [4.69, 9.17) is 16.3 Å². The summed E-state index contributed by atoms with van der Waals surface area (Å²) in [7, 11) is -2.07. The summed E-state index contributed by atoms with van der Waals surface area (Å²) in [6, 6.07) is 5.38. The Balaban J connectivity index is 0.00000170. The van der Waals surface area contributed by atoms with Crippen LogP contribution in [0.1, 0.15) is 33.4 Å².